The highest BCUT2D eigenvalue weighted by Gasteiger charge is 2.39. The van der Waals surface area contributed by atoms with Crippen molar-refractivity contribution in [3.05, 3.63) is 90.0 Å². The Kier molecular flexibility index (Phi) is 5.87. The fourth-order valence-electron chi connectivity index (χ4n) is 3.46. The first kappa shape index (κ1) is 20.7. The summed E-state index contributed by atoms with van der Waals surface area (Å²) >= 11 is 3.10. The second-order valence-electron chi connectivity index (χ2n) is 7.64. The van der Waals surface area contributed by atoms with Gasteiger partial charge in [0.1, 0.15) is 11.5 Å². The lowest BCUT2D eigenvalue weighted by atomic mass is 10.1. The maximum Gasteiger partial charge on any atom is 0.270 e. The Bertz CT molecular complexity index is 1240. The zero-order valence-corrected chi connectivity index (χ0v) is 19.0. The Labute approximate surface area is 194 Å². The van der Waals surface area contributed by atoms with Crippen molar-refractivity contribution in [1.82, 2.24) is 20.3 Å². The number of thiazole rings is 1. The van der Waals surface area contributed by atoms with Crippen molar-refractivity contribution in [3.8, 4) is 0 Å². The Hall–Kier alpha value is -3.23. The predicted octanol–water partition coefficient (Wildman–Crippen LogP) is 5.42. The van der Waals surface area contributed by atoms with E-state index in [9.17, 15) is 4.79 Å². The molecule has 2 N–H and O–H groups in total. The molecule has 1 aliphatic carbocycles. The normalized spacial score (nSPS) is 17.0. The summed E-state index contributed by atoms with van der Waals surface area (Å²) < 4.78 is 1.02. The van der Waals surface area contributed by atoms with E-state index in [-0.39, 0.29) is 11.9 Å². The SMILES string of the molecule is Cc1ccnc(Nc2ncc(Sc3ccnc(C(=O)NC4CC4c4ccccc4)c3)s2)c1. The van der Waals surface area contributed by atoms with E-state index < -0.39 is 0 Å². The van der Waals surface area contributed by atoms with Crippen molar-refractivity contribution in [1.29, 1.82) is 0 Å². The van der Waals surface area contributed by atoms with E-state index in [1.165, 1.54) is 5.56 Å². The highest BCUT2D eigenvalue weighted by molar-refractivity contribution is 8.01. The number of carbonyl (C=O) groups excluding carboxylic acids is 1. The molecular formula is C24H21N5OS2. The smallest absolute Gasteiger partial charge is 0.270 e. The lowest BCUT2D eigenvalue weighted by Crippen LogP contribution is -2.27. The molecule has 0 saturated heterocycles. The Morgan fingerprint density at radius 1 is 1.06 bits per heavy atom. The maximum atomic E-state index is 12.7. The van der Waals surface area contributed by atoms with Crippen molar-refractivity contribution in [2.75, 3.05) is 5.32 Å². The zero-order valence-electron chi connectivity index (χ0n) is 17.4. The molecule has 0 radical (unpaired) electrons. The molecule has 0 bridgehead atoms. The molecule has 1 aliphatic rings. The molecule has 1 amide bonds. The highest BCUT2D eigenvalue weighted by Crippen LogP contribution is 2.41. The average Bonchev–Trinajstić information content (AvgIpc) is 3.44. The third-order valence-electron chi connectivity index (χ3n) is 5.15. The van der Waals surface area contributed by atoms with Crippen LogP contribution in [0.3, 0.4) is 0 Å². The molecular weight excluding hydrogens is 438 g/mol. The van der Waals surface area contributed by atoms with Crippen LogP contribution in [0.15, 0.2) is 82.3 Å². The van der Waals surface area contributed by atoms with E-state index in [4.69, 9.17) is 0 Å². The zero-order chi connectivity index (χ0) is 21.9. The molecule has 5 rings (SSSR count). The Morgan fingerprint density at radius 3 is 2.75 bits per heavy atom. The van der Waals surface area contributed by atoms with Crippen molar-refractivity contribution < 1.29 is 4.79 Å². The number of hydrogen-bond donors (Lipinski definition) is 2. The molecule has 6 nitrogen and oxygen atoms in total. The maximum absolute atomic E-state index is 12.7. The number of amides is 1. The fourth-order valence-corrected chi connectivity index (χ4v) is 5.35. The minimum Gasteiger partial charge on any atom is -0.347 e. The van der Waals surface area contributed by atoms with Crippen molar-refractivity contribution in [3.63, 3.8) is 0 Å². The molecule has 0 aliphatic heterocycles. The van der Waals surface area contributed by atoms with E-state index >= 15 is 0 Å². The van der Waals surface area contributed by atoms with Crippen LogP contribution in [0.5, 0.6) is 0 Å². The van der Waals surface area contributed by atoms with Crippen molar-refractivity contribution >= 4 is 40.0 Å². The monoisotopic (exact) mass is 459 g/mol. The van der Waals surface area contributed by atoms with Gasteiger partial charge in [0, 0.05) is 29.2 Å². The van der Waals surface area contributed by atoms with Gasteiger partial charge in [0.05, 0.1) is 10.4 Å². The molecule has 1 fully saturated rings. The van der Waals surface area contributed by atoms with Gasteiger partial charge >= 0.3 is 0 Å². The van der Waals surface area contributed by atoms with E-state index in [0.717, 1.165) is 32.0 Å². The van der Waals surface area contributed by atoms with Crippen LogP contribution in [0, 0.1) is 6.92 Å². The number of hydrogen-bond acceptors (Lipinski definition) is 7. The summed E-state index contributed by atoms with van der Waals surface area (Å²) in [5.74, 6) is 1.03. The van der Waals surface area contributed by atoms with Gasteiger partial charge in [-0.05, 0) is 48.7 Å². The average molecular weight is 460 g/mol. The summed E-state index contributed by atoms with van der Waals surface area (Å²) in [7, 11) is 0. The first-order valence-electron chi connectivity index (χ1n) is 10.3. The van der Waals surface area contributed by atoms with Gasteiger partial charge in [-0.2, -0.15) is 0 Å². The second-order valence-corrected chi connectivity index (χ2v) is 10.0. The summed E-state index contributed by atoms with van der Waals surface area (Å²) in [6, 6.07) is 18.1. The van der Waals surface area contributed by atoms with Crippen LogP contribution >= 0.6 is 23.1 Å². The van der Waals surface area contributed by atoms with Gasteiger partial charge in [-0.15, -0.1) is 0 Å². The molecule has 1 saturated carbocycles. The molecule has 1 aromatic carbocycles. The first-order chi connectivity index (χ1) is 15.6. The number of aryl methyl sites for hydroxylation is 1. The molecule has 3 heterocycles. The van der Waals surface area contributed by atoms with Gasteiger partial charge in [0.25, 0.3) is 5.91 Å². The van der Waals surface area contributed by atoms with Gasteiger partial charge < -0.3 is 10.6 Å². The van der Waals surface area contributed by atoms with Crippen LogP contribution in [0.25, 0.3) is 0 Å². The van der Waals surface area contributed by atoms with Crippen molar-refractivity contribution in [2.24, 2.45) is 0 Å². The van der Waals surface area contributed by atoms with Gasteiger partial charge in [0.15, 0.2) is 5.13 Å². The van der Waals surface area contributed by atoms with Gasteiger partial charge in [-0.3, -0.25) is 9.78 Å². The standard InChI is InChI=1S/C24H21N5OS2/c1-15-7-9-26-21(11-15)29-24-27-14-22(32-24)31-17-8-10-25-20(12-17)23(30)28-19-13-18(19)16-5-3-2-4-6-16/h2-12,14,18-19H,13H2,1H3,(H,28,30)(H,26,27,29). The summed E-state index contributed by atoms with van der Waals surface area (Å²) in [4.78, 5) is 26.7. The first-order valence-corrected chi connectivity index (χ1v) is 11.9. The number of benzene rings is 1. The fraction of sp³-hybridized carbons (Fsp3) is 0.167. The second kappa shape index (κ2) is 9.10. The molecule has 2 atom stereocenters. The van der Waals surface area contributed by atoms with E-state index in [1.807, 2.05) is 55.6 Å². The summed E-state index contributed by atoms with van der Waals surface area (Å²) in [5.41, 5.74) is 2.84. The molecule has 3 aromatic heterocycles. The number of anilines is 2. The van der Waals surface area contributed by atoms with Crippen LogP contribution < -0.4 is 10.6 Å². The number of nitrogens with one attached hydrogen (secondary N) is 2. The van der Waals surface area contributed by atoms with Crippen LogP contribution in [0.1, 0.15) is 34.0 Å². The number of rotatable bonds is 7. The Morgan fingerprint density at radius 2 is 1.91 bits per heavy atom. The van der Waals surface area contributed by atoms with Gasteiger partial charge in [0.2, 0.25) is 0 Å². The molecule has 2 unspecified atom stereocenters. The molecule has 160 valence electrons. The minimum absolute atomic E-state index is 0.131. The number of pyridine rings is 2. The summed E-state index contributed by atoms with van der Waals surface area (Å²) in [6.45, 7) is 2.03. The van der Waals surface area contributed by atoms with E-state index in [0.29, 0.717) is 11.6 Å². The van der Waals surface area contributed by atoms with Crippen molar-refractivity contribution in [2.45, 2.75) is 34.4 Å². The highest BCUT2D eigenvalue weighted by atomic mass is 32.2. The largest absolute Gasteiger partial charge is 0.347 e. The predicted molar refractivity (Wildman–Crippen MR) is 128 cm³/mol. The summed E-state index contributed by atoms with van der Waals surface area (Å²) in [5, 5.41) is 7.12. The number of aromatic nitrogens is 3. The van der Waals surface area contributed by atoms with Crippen LogP contribution in [0.2, 0.25) is 0 Å². The molecule has 8 heteroatoms. The van der Waals surface area contributed by atoms with Crippen LogP contribution in [-0.2, 0) is 0 Å². The topological polar surface area (TPSA) is 79.8 Å². The van der Waals surface area contributed by atoms with E-state index in [1.54, 1.807) is 35.5 Å². The third kappa shape index (κ3) is 4.98. The Balaban J connectivity index is 1.20. The van der Waals surface area contributed by atoms with E-state index in [2.05, 4.69) is 37.7 Å². The molecule has 0 spiro atoms. The quantitative estimate of drug-likeness (QED) is 0.384. The number of carbonyl (C=O) groups is 1. The molecule has 4 aromatic rings. The van der Waals surface area contributed by atoms with Crippen LogP contribution in [-0.4, -0.2) is 26.9 Å². The summed E-state index contributed by atoms with van der Waals surface area (Å²) in [6.07, 6.45) is 6.24. The lowest BCUT2D eigenvalue weighted by molar-refractivity contribution is 0.0945. The van der Waals surface area contributed by atoms with Gasteiger partial charge in [-0.1, -0.05) is 53.4 Å². The number of nitrogens with zero attached hydrogens (tertiary/aromatic N) is 3. The lowest BCUT2D eigenvalue weighted by Gasteiger charge is -2.06. The minimum atomic E-state index is -0.131. The van der Waals surface area contributed by atoms with Gasteiger partial charge in [-0.25, -0.2) is 9.97 Å². The third-order valence-corrected chi connectivity index (χ3v) is 7.16. The molecule has 32 heavy (non-hydrogen) atoms. The van der Waals surface area contributed by atoms with Crippen LogP contribution in [0.4, 0.5) is 10.9 Å².